The lowest BCUT2D eigenvalue weighted by Gasteiger charge is -2.04. The molecule has 0 aliphatic heterocycles. The van der Waals surface area contributed by atoms with Crippen LogP contribution in [0, 0.1) is 0 Å². The van der Waals surface area contributed by atoms with Crippen molar-refractivity contribution in [2.45, 2.75) is 45.6 Å². The van der Waals surface area contributed by atoms with E-state index in [4.69, 9.17) is 0 Å². The number of alkyl halides is 1. The van der Waals surface area contributed by atoms with Crippen molar-refractivity contribution in [3.05, 3.63) is 33.4 Å². The minimum absolute atomic E-state index is 0.0755. The van der Waals surface area contributed by atoms with Crippen LogP contribution in [0.2, 0.25) is 0 Å². The van der Waals surface area contributed by atoms with Gasteiger partial charge in [-0.3, -0.25) is 14.2 Å². The van der Waals surface area contributed by atoms with E-state index in [0.717, 1.165) is 34.9 Å². The zero-order chi connectivity index (χ0) is 15.2. The van der Waals surface area contributed by atoms with Gasteiger partial charge in [-0.15, -0.1) is 0 Å². The van der Waals surface area contributed by atoms with E-state index in [9.17, 15) is 9.59 Å². The normalized spacial score (nSPS) is 11.1. The quantitative estimate of drug-likeness (QED) is 0.387. The number of carbonyl (C=O) groups excluding carboxylic acids is 1. The van der Waals surface area contributed by atoms with Gasteiger partial charge in [0.15, 0.2) is 5.78 Å². The van der Waals surface area contributed by atoms with Gasteiger partial charge in [-0.05, 0) is 31.0 Å². The number of aryl methyl sites for hydroxylation is 1. The summed E-state index contributed by atoms with van der Waals surface area (Å²) in [5.41, 5.74) is 1.66. The molecule has 0 spiro atoms. The molecule has 2 aromatic rings. The number of carbonyl (C=O) groups is 1. The lowest BCUT2D eigenvalue weighted by Crippen LogP contribution is -2.12. The van der Waals surface area contributed by atoms with Crippen LogP contribution in [0.15, 0.2) is 23.0 Å². The van der Waals surface area contributed by atoms with Gasteiger partial charge in [0.25, 0.3) is 0 Å². The molecule has 0 atom stereocenters. The smallest absolute Gasteiger partial charge is 0.299 e. The summed E-state index contributed by atoms with van der Waals surface area (Å²) in [6.45, 7) is 2.62. The summed E-state index contributed by atoms with van der Waals surface area (Å²) in [6, 6.07) is 5.60. The largest absolute Gasteiger partial charge is 0.308 e. The fourth-order valence-corrected chi connectivity index (χ4v) is 3.73. The van der Waals surface area contributed by atoms with Gasteiger partial charge in [0.1, 0.15) is 0 Å². The van der Waals surface area contributed by atoms with Crippen molar-refractivity contribution in [3.8, 4) is 0 Å². The van der Waals surface area contributed by atoms with E-state index >= 15 is 0 Å². The highest BCUT2D eigenvalue weighted by atomic mass is 79.9. The Balaban J connectivity index is 2.15. The summed E-state index contributed by atoms with van der Waals surface area (Å²) >= 11 is 4.66. The van der Waals surface area contributed by atoms with E-state index in [1.165, 1.54) is 24.2 Å². The molecule has 2 rings (SSSR count). The molecule has 0 bridgehead atoms. The maximum atomic E-state index is 12.1. The van der Waals surface area contributed by atoms with Gasteiger partial charge in [-0.1, -0.05) is 47.0 Å². The SMILES string of the molecule is CCC(=O)c1ccc2c(c1)sc(=O)n2CCCCCCBr. The molecule has 114 valence electrons. The second kappa shape index (κ2) is 7.90. The van der Waals surface area contributed by atoms with E-state index in [1.807, 2.05) is 29.7 Å². The first-order valence-electron chi connectivity index (χ1n) is 7.40. The third-order valence-corrected chi connectivity index (χ3v) is 5.08. The van der Waals surface area contributed by atoms with Crippen molar-refractivity contribution in [2.75, 3.05) is 5.33 Å². The number of benzene rings is 1. The summed E-state index contributed by atoms with van der Waals surface area (Å²) in [6.07, 6.45) is 5.03. The number of Topliss-reactive ketones (excluding diaryl/α,β-unsaturated/α-hetero) is 1. The van der Waals surface area contributed by atoms with Crippen molar-refractivity contribution < 1.29 is 4.79 Å². The topological polar surface area (TPSA) is 39.1 Å². The highest BCUT2D eigenvalue weighted by Crippen LogP contribution is 2.20. The third-order valence-electron chi connectivity index (χ3n) is 3.58. The Kier molecular flexibility index (Phi) is 6.18. The van der Waals surface area contributed by atoms with Gasteiger partial charge in [0.2, 0.25) is 0 Å². The van der Waals surface area contributed by atoms with Crippen LogP contribution in [0.25, 0.3) is 10.2 Å². The molecule has 1 aromatic carbocycles. The first kappa shape index (κ1) is 16.4. The summed E-state index contributed by atoms with van der Waals surface area (Å²) in [7, 11) is 0. The molecule has 0 unspecified atom stereocenters. The predicted molar refractivity (Wildman–Crippen MR) is 93.0 cm³/mol. The number of aromatic nitrogens is 1. The molecular weight excluding hydrogens is 350 g/mol. The van der Waals surface area contributed by atoms with Crippen LogP contribution in [-0.2, 0) is 6.54 Å². The van der Waals surface area contributed by atoms with Gasteiger partial charge in [0, 0.05) is 23.9 Å². The molecule has 0 aliphatic rings. The Morgan fingerprint density at radius 3 is 2.71 bits per heavy atom. The zero-order valence-corrected chi connectivity index (χ0v) is 14.6. The Labute approximate surface area is 137 Å². The van der Waals surface area contributed by atoms with E-state index in [1.54, 1.807) is 0 Å². The molecular formula is C16H20BrNO2S. The standard InChI is InChI=1S/C16H20BrNO2S/c1-2-14(19)12-7-8-13-15(11-12)21-16(20)18(13)10-6-4-3-5-9-17/h7-8,11H,2-6,9-10H2,1H3. The van der Waals surface area contributed by atoms with E-state index in [2.05, 4.69) is 15.9 Å². The molecule has 5 heteroatoms. The first-order valence-corrected chi connectivity index (χ1v) is 9.33. The fourth-order valence-electron chi connectivity index (χ4n) is 2.37. The van der Waals surface area contributed by atoms with Crippen molar-refractivity contribution in [1.29, 1.82) is 0 Å². The molecule has 0 saturated carbocycles. The Morgan fingerprint density at radius 1 is 1.24 bits per heavy atom. The van der Waals surface area contributed by atoms with Gasteiger partial charge >= 0.3 is 4.87 Å². The molecule has 0 N–H and O–H groups in total. The number of nitrogens with zero attached hydrogens (tertiary/aromatic N) is 1. The number of rotatable bonds is 8. The third kappa shape index (κ3) is 4.04. The minimum Gasteiger partial charge on any atom is -0.299 e. The van der Waals surface area contributed by atoms with Crippen LogP contribution in [0.4, 0.5) is 0 Å². The number of fused-ring (bicyclic) bond motifs is 1. The second-order valence-corrected chi connectivity index (χ2v) is 6.87. The molecule has 0 fully saturated rings. The number of hydrogen-bond acceptors (Lipinski definition) is 3. The Hall–Kier alpha value is -0.940. The van der Waals surface area contributed by atoms with Crippen LogP contribution >= 0.6 is 27.3 Å². The fraction of sp³-hybridized carbons (Fsp3) is 0.500. The van der Waals surface area contributed by atoms with Gasteiger partial charge in [0.05, 0.1) is 10.2 Å². The maximum absolute atomic E-state index is 12.1. The number of ketones is 1. The Bertz CT molecular complexity index is 674. The zero-order valence-electron chi connectivity index (χ0n) is 12.2. The van der Waals surface area contributed by atoms with Crippen LogP contribution < -0.4 is 4.87 Å². The average Bonchev–Trinajstić information content (AvgIpc) is 2.81. The molecule has 0 saturated heterocycles. The van der Waals surface area contributed by atoms with Crippen molar-refractivity contribution in [3.63, 3.8) is 0 Å². The van der Waals surface area contributed by atoms with Gasteiger partial charge in [-0.25, -0.2) is 0 Å². The van der Waals surface area contributed by atoms with Gasteiger partial charge in [-0.2, -0.15) is 0 Å². The summed E-state index contributed by atoms with van der Waals surface area (Å²) in [5, 5.41) is 1.04. The molecule has 0 amide bonds. The average molecular weight is 370 g/mol. The number of unbranched alkanes of at least 4 members (excludes halogenated alkanes) is 3. The highest BCUT2D eigenvalue weighted by molar-refractivity contribution is 9.09. The van der Waals surface area contributed by atoms with Crippen LogP contribution in [-0.4, -0.2) is 15.7 Å². The molecule has 1 aromatic heterocycles. The van der Waals surface area contributed by atoms with E-state index in [-0.39, 0.29) is 10.7 Å². The lowest BCUT2D eigenvalue weighted by molar-refractivity contribution is 0.0988. The molecule has 3 nitrogen and oxygen atoms in total. The van der Waals surface area contributed by atoms with Crippen molar-refractivity contribution in [1.82, 2.24) is 4.57 Å². The highest BCUT2D eigenvalue weighted by Gasteiger charge is 2.10. The lowest BCUT2D eigenvalue weighted by atomic mass is 10.1. The number of thiazole rings is 1. The van der Waals surface area contributed by atoms with Crippen LogP contribution in [0.3, 0.4) is 0 Å². The minimum atomic E-state index is 0.0755. The van der Waals surface area contributed by atoms with E-state index in [0.29, 0.717) is 12.0 Å². The van der Waals surface area contributed by atoms with Crippen LogP contribution in [0.5, 0.6) is 0 Å². The Morgan fingerprint density at radius 2 is 2.00 bits per heavy atom. The monoisotopic (exact) mass is 369 g/mol. The number of halogens is 1. The first-order chi connectivity index (χ1) is 10.2. The van der Waals surface area contributed by atoms with Crippen molar-refractivity contribution >= 4 is 43.3 Å². The summed E-state index contributed by atoms with van der Waals surface area (Å²) in [5.74, 6) is 0.124. The second-order valence-electron chi connectivity index (χ2n) is 5.08. The predicted octanol–water partition coefficient (Wildman–Crippen LogP) is 4.61. The summed E-state index contributed by atoms with van der Waals surface area (Å²) < 4.78 is 2.76. The van der Waals surface area contributed by atoms with Crippen molar-refractivity contribution in [2.24, 2.45) is 0 Å². The van der Waals surface area contributed by atoms with Crippen LogP contribution in [0.1, 0.15) is 49.4 Å². The van der Waals surface area contributed by atoms with Gasteiger partial charge < -0.3 is 0 Å². The molecule has 0 radical (unpaired) electrons. The van der Waals surface area contributed by atoms with E-state index < -0.39 is 0 Å². The summed E-state index contributed by atoms with van der Waals surface area (Å²) in [4.78, 5) is 23.9. The maximum Gasteiger partial charge on any atom is 0.308 e. The number of hydrogen-bond donors (Lipinski definition) is 0. The molecule has 21 heavy (non-hydrogen) atoms. The molecule has 0 aliphatic carbocycles. The molecule has 1 heterocycles.